The van der Waals surface area contributed by atoms with Crippen molar-refractivity contribution in [3.8, 4) is 0 Å². The number of nitrogens with one attached hydrogen (secondary N) is 2. The first-order valence-corrected chi connectivity index (χ1v) is 10.6. The molecule has 6 nitrogen and oxygen atoms in total. The van der Waals surface area contributed by atoms with E-state index in [1.54, 1.807) is 16.9 Å². The summed E-state index contributed by atoms with van der Waals surface area (Å²) in [5.74, 6) is 0.252. The Morgan fingerprint density at radius 2 is 1.72 bits per heavy atom. The molecule has 2 amide bonds. The number of benzene rings is 3. The Morgan fingerprint density at radius 3 is 2.50 bits per heavy atom. The van der Waals surface area contributed by atoms with Crippen LogP contribution in [0.2, 0.25) is 0 Å². The lowest BCUT2D eigenvalue weighted by Crippen LogP contribution is -2.30. The van der Waals surface area contributed by atoms with Gasteiger partial charge in [-0.15, -0.1) is 0 Å². The molecule has 0 bridgehead atoms. The Morgan fingerprint density at radius 1 is 0.969 bits per heavy atom. The molecule has 32 heavy (non-hydrogen) atoms. The molecular weight excluding hydrogens is 400 g/mol. The summed E-state index contributed by atoms with van der Waals surface area (Å²) in [6.07, 6.45) is 1.80. The van der Waals surface area contributed by atoms with Crippen LogP contribution in [0.15, 0.2) is 79.0 Å². The molecule has 0 fully saturated rings. The Kier molecular flexibility index (Phi) is 6.31. The summed E-state index contributed by atoms with van der Waals surface area (Å²) >= 11 is 0. The van der Waals surface area contributed by atoms with Gasteiger partial charge in [-0.25, -0.2) is 4.68 Å². The molecule has 2 N–H and O–H groups in total. The van der Waals surface area contributed by atoms with Gasteiger partial charge in [0.25, 0.3) is 0 Å². The van der Waals surface area contributed by atoms with Gasteiger partial charge in [-0.1, -0.05) is 72.3 Å². The second-order valence-corrected chi connectivity index (χ2v) is 7.93. The van der Waals surface area contributed by atoms with Crippen molar-refractivity contribution in [3.63, 3.8) is 0 Å². The molecule has 0 spiro atoms. The number of hydrogen-bond donors (Lipinski definition) is 2. The van der Waals surface area contributed by atoms with Crippen molar-refractivity contribution >= 4 is 28.4 Å². The lowest BCUT2D eigenvalue weighted by atomic mass is 10.0. The number of amides is 2. The molecular formula is C26H26N4O2. The van der Waals surface area contributed by atoms with Crippen LogP contribution in [-0.2, 0) is 16.1 Å². The monoisotopic (exact) mass is 426 g/mol. The van der Waals surface area contributed by atoms with Gasteiger partial charge in [-0.2, -0.15) is 5.10 Å². The maximum atomic E-state index is 12.9. The minimum Gasteiger partial charge on any atom is -0.349 e. The number of carbonyl (C=O) groups is 2. The van der Waals surface area contributed by atoms with Gasteiger partial charge in [0.15, 0.2) is 0 Å². The highest BCUT2D eigenvalue weighted by Gasteiger charge is 2.18. The molecule has 0 saturated heterocycles. The van der Waals surface area contributed by atoms with Crippen LogP contribution in [0, 0.1) is 6.92 Å². The first-order chi connectivity index (χ1) is 15.5. The van der Waals surface area contributed by atoms with Crippen molar-refractivity contribution in [3.05, 3.63) is 95.7 Å². The molecule has 1 unspecified atom stereocenters. The van der Waals surface area contributed by atoms with Gasteiger partial charge >= 0.3 is 0 Å². The number of carbonyl (C=O) groups excluding carboxylic acids is 2. The molecule has 4 rings (SSSR count). The number of hydrogen-bond acceptors (Lipinski definition) is 3. The molecule has 3 aromatic carbocycles. The molecule has 1 heterocycles. The summed E-state index contributed by atoms with van der Waals surface area (Å²) in [4.78, 5) is 24.6. The fourth-order valence-electron chi connectivity index (χ4n) is 3.83. The van der Waals surface area contributed by atoms with E-state index >= 15 is 0 Å². The number of fused-ring (bicyclic) bond motifs is 1. The molecule has 162 valence electrons. The van der Waals surface area contributed by atoms with Crippen LogP contribution in [0.4, 0.5) is 5.82 Å². The highest BCUT2D eigenvalue weighted by Crippen LogP contribution is 2.22. The van der Waals surface area contributed by atoms with Crippen molar-refractivity contribution in [2.75, 3.05) is 5.32 Å². The average Bonchev–Trinajstić information content (AvgIpc) is 3.20. The predicted octanol–water partition coefficient (Wildman–Crippen LogP) is 4.60. The van der Waals surface area contributed by atoms with Crippen molar-refractivity contribution in [1.82, 2.24) is 15.1 Å². The number of rotatable bonds is 7. The third-order valence-electron chi connectivity index (χ3n) is 5.43. The highest BCUT2D eigenvalue weighted by atomic mass is 16.2. The van der Waals surface area contributed by atoms with E-state index in [1.807, 2.05) is 49.4 Å². The minimum atomic E-state index is -0.400. The Bertz CT molecular complexity index is 1240. The van der Waals surface area contributed by atoms with Crippen molar-refractivity contribution in [2.24, 2.45) is 0 Å². The van der Waals surface area contributed by atoms with E-state index in [9.17, 15) is 9.59 Å². The van der Waals surface area contributed by atoms with E-state index < -0.39 is 6.04 Å². The van der Waals surface area contributed by atoms with E-state index in [2.05, 4.69) is 40.0 Å². The van der Waals surface area contributed by atoms with Gasteiger partial charge in [-0.3, -0.25) is 9.59 Å². The molecule has 1 aromatic heterocycles. The fraction of sp³-hybridized carbons (Fsp3) is 0.192. The second kappa shape index (κ2) is 9.47. The van der Waals surface area contributed by atoms with Crippen LogP contribution < -0.4 is 10.6 Å². The quantitative estimate of drug-likeness (QED) is 0.453. The summed E-state index contributed by atoms with van der Waals surface area (Å²) in [6.45, 7) is 4.00. The average molecular weight is 427 g/mol. The predicted molar refractivity (Wildman–Crippen MR) is 126 cm³/mol. The molecule has 1 atom stereocenters. The number of anilines is 1. The lowest BCUT2D eigenvalue weighted by Gasteiger charge is -2.18. The molecule has 0 aliphatic rings. The summed E-state index contributed by atoms with van der Waals surface area (Å²) < 4.78 is 1.78. The van der Waals surface area contributed by atoms with E-state index in [-0.39, 0.29) is 18.2 Å². The van der Waals surface area contributed by atoms with Gasteiger partial charge in [0, 0.05) is 13.0 Å². The van der Waals surface area contributed by atoms with Gasteiger partial charge in [0.1, 0.15) is 5.82 Å². The molecule has 6 heteroatoms. The van der Waals surface area contributed by atoms with Gasteiger partial charge in [0.2, 0.25) is 11.8 Å². The van der Waals surface area contributed by atoms with E-state index in [0.717, 1.165) is 22.1 Å². The van der Waals surface area contributed by atoms with E-state index in [1.165, 1.54) is 12.3 Å². The smallest absolute Gasteiger partial charge is 0.227 e. The SMILES string of the molecule is CC(=O)NC(CC(=O)Nc1ccnn1Cc1cccc2ccccc12)c1ccc(C)cc1. The van der Waals surface area contributed by atoms with Crippen LogP contribution in [0.3, 0.4) is 0 Å². The van der Waals surface area contributed by atoms with Crippen LogP contribution >= 0.6 is 0 Å². The number of aryl methyl sites for hydroxylation is 1. The normalized spacial score (nSPS) is 11.8. The van der Waals surface area contributed by atoms with Gasteiger partial charge < -0.3 is 10.6 Å². The second-order valence-electron chi connectivity index (χ2n) is 7.93. The summed E-state index contributed by atoms with van der Waals surface area (Å²) in [5.41, 5.74) is 3.14. The largest absolute Gasteiger partial charge is 0.349 e. The lowest BCUT2D eigenvalue weighted by molar-refractivity contribution is -0.120. The molecule has 0 aliphatic carbocycles. The fourth-order valence-corrected chi connectivity index (χ4v) is 3.83. The molecule has 0 radical (unpaired) electrons. The van der Waals surface area contributed by atoms with Gasteiger partial charge in [0.05, 0.1) is 25.2 Å². The molecule has 0 saturated carbocycles. The van der Waals surface area contributed by atoms with Crippen LogP contribution in [0.25, 0.3) is 10.8 Å². The first-order valence-electron chi connectivity index (χ1n) is 10.6. The van der Waals surface area contributed by atoms with Crippen molar-refractivity contribution in [1.29, 1.82) is 0 Å². The van der Waals surface area contributed by atoms with E-state index in [0.29, 0.717) is 12.4 Å². The zero-order valence-electron chi connectivity index (χ0n) is 18.2. The number of nitrogens with zero attached hydrogens (tertiary/aromatic N) is 2. The van der Waals surface area contributed by atoms with Crippen molar-refractivity contribution < 1.29 is 9.59 Å². The third kappa shape index (κ3) is 5.03. The zero-order chi connectivity index (χ0) is 22.5. The zero-order valence-corrected chi connectivity index (χ0v) is 18.2. The summed E-state index contributed by atoms with van der Waals surface area (Å²) in [7, 11) is 0. The summed E-state index contributed by atoms with van der Waals surface area (Å²) in [5, 5.41) is 12.6. The maximum Gasteiger partial charge on any atom is 0.227 e. The van der Waals surface area contributed by atoms with Crippen molar-refractivity contribution in [2.45, 2.75) is 32.9 Å². The maximum absolute atomic E-state index is 12.9. The topological polar surface area (TPSA) is 76.0 Å². The van der Waals surface area contributed by atoms with Crippen LogP contribution in [0.5, 0.6) is 0 Å². The minimum absolute atomic E-state index is 0.127. The Hall–Kier alpha value is -3.93. The summed E-state index contributed by atoms with van der Waals surface area (Å²) in [6, 6.07) is 23.6. The number of aromatic nitrogens is 2. The molecule has 0 aliphatic heterocycles. The Labute approximate surface area is 187 Å². The van der Waals surface area contributed by atoms with Gasteiger partial charge in [-0.05, 0) is 28.8 Å². The third-order valence-corrected chi connectivity index (χ3v) is 5.43. The Balaban J connectivity index is 1.49. The first kappa shape index (κ1) is 21.3. The van der Waals surface area contributed by atoms with Crippen LogP contribution in [-0.4, -0.2) is 21.6 Å². The highest BCUT2D eigenvalue weighted by molar-refractivity contribution is 5.91. The van der Waals surface area contributed by atoms with E-state index in [4.69, 9.17) is 0 Å². The standard InChI is InChI=1S/C26H26N4O2/c1-18-10-12-21(13-11-18)24(28-19(2)31)16-26(32)29-25-14-15-27-30(25)17-22-8-5-7-20-6-3-4-9-23(20)22/h3-15,24H,16-17H2,1-2H3,(H,28,31)(H,29,32). The van der Waals surface area contributed by atoms with Crippen LogP contribution in [0.1, 0.15) is 36.1 Å². The molecule has 4 aromatic rings.